The lowest BCUT2D eigenvalue weighted by molar-refractivity contribution is 0.100. The molecule has 0 bridgehead atoms. The maximum Gasteiger partial charge on any atom is 0.248 e. The molecule has 4 aromatic rings. The van der Waals surface area contributed by atoms with Crippen molar-refractivity contribution in [2.45, 2.75) is 6.54 Å². The van der Waals surface area contributed by atoms with Gasteiger partial charge in [-0.1, -0.05) is 36.4 Å². The molecule has 0 fully saturated rings. The third-order valence-electron chi connectivity index (χ3n) is 4.75. The molecule has 0 atom stereocenters. The van der Waals surface area contributed by atoms with Gasteiger partial charge < -0.3 is 15.8 Å². The molecule has 6 heteroatoms. The number of fused-ring (bicyclic) bond motifs is 1. The van der Waals surface area contributed by atoms with Crippen molar-refractivity contribution in [3.63, 3.8) is 0 Å². The molecule has 4 rings (SSSR count). The average Bonchev–Trinajstić information content (AvgIpc) is 2.78. The van der Waals surface area contributed by atoms with Crippen LogP contribution in [-0.4, -0.2) is 23.2 Å². The minimum atomic E-state index is -0.435. The molecule has 0 spiro atoms. The van der Waals surface area contributed by atoms with Crippen LogP contribution in [-0.2, 0) is 6.54 Å². The molecule has 0 saturated carbocycles. The van der Waals surface area contributed by atoms with E-state index in [-0.39, 0.29) is 0 Å². The molecule has 1 amide bonds. The lowest BCUT2D eigenvalue weighted by atomic mass is 10.0. The first-order valence-corrected chi connectivity index (χ1v) is 9.18. The number of ether oxygens (including phenoxy) is 1. The summed E-state index contributed by atoms with van der Waals surface area (Å²) in [5.74, 6) is 1.07. The van der Waals surface area contributed by atoms with Gasteiger partial charge in [0.2, 0.25) is 5.91 Å². The molecule has 3 N–H and O–H groups in total. The van der Waals surface area contributed by atoms with E-state index in [9.17, 15) is 4.79 Å². The summed E-state index contributed by atoms with van der Waals surface area (Å²) < 4.78 is 5.23. The molecule has 0 aliphatic carbocycles. The minimum Gasteiger partial charge on any atom is -0.497 e. The molecular weight excluding hydrogens is 364 g/mol. The molecule has 1 aromatic heterocycles. The van der Waals surface area contributed by atoms with Crippen LogP contribution in [0.4, 0.5) is 5.82 Å². The smallest absolute Gasteiger partial charge is 0.248 e. The average molecular weight is 384 g/mol. The molecule has 0 saturated heterocycles. The standard InChI is InChI=1S/C23H20N4O2/c1-29-18-12-10-16(11-13-18)21-19-4-2-3-5-20(19)23(27-26-21)25-14-15-6-8-17(9-7-15)22(24)28/h2-13H,14H2,1H3,(H2,24,28)(H,25,27). The molecule has 6 nitrogen and oxygen atoms in total. The summed E-state index contributed by atoms with van der Waals surface area (Å²) in [6.07, 6.45) is 0. The third-order valence-corrected chi connectivity index (χ3v) is 4.75. The fraction of sp³-hybridized carbons (Fsp3) is 0.0870. The SMILES string of the molecule is COc1ccc(-c2nnc(NCc3ccc(C(N)=O)cc3)c3ccccc23)cc1. The second kappa shape index (κ2) is 7.98. The van der Waals surface area contributed by atoms with E-state index in [0.29, 0.717) is 17.9 Å². The zero-order valence-corrected chi connectivity index (χ0v) is 15.9. The highest BCUT2D eigenvalue weighted by Gasteiger charge is 2.11. The van der Waals surface area contributed by atoms with Gasteiger partial charge in [-0.2, -0.15) is 0 Å². The fourth-order valence-corrected chi connectivity index (χ4v) is 3.17. The second-order valence-corrected chi connectivity index (χ2v) is 6.59. The van der Waals surface area contributed by atoms with Gasteiger partial charge >= 0.3 is 0 Å². The monoisotopic (exact) mass is 384 g/mol. The summed E-state index contributed by atoms with van der Waals surface area (Å²) >= 11 is 0. The highest BCUT2D eigenvalue weighted by Crippen LogP contribution is 2.30. The number of anilines is 1. The van der Waals surface area contributed by atoms with Crippen molar-refractivity contribution in [1.29, 1.82) is 0 Å². The lowest BCUT2D eigenvalue weighted by Gasteiger charge is -2.12. The largest absolute Gasteiger partial charge is 0.497 e. The first-order valence-electron chi connectivity index (χ1n) is 9.18. The van der Waals surface area contributed by atoms with Crippen LogP contribution in [0.2, 0.25) is 0 Å². The van der Waals surface area contributed by atoms with Crippen LogP contribution >= 0.6 is 0 Å². The fourth-order valence-electron chi connectivity index (χ4n) is 3.17. The number of nitrogens with zero attached hydrogens (tertiary/aromatic N) is 2. The van der Waals surface area contributed by atoms with Gasteiger partial charge in [-0.15, -0.1) is 10.2 Å². The van der Waals surface area contributed by atoms with Crippen LogP contribution in [0.5, 0.6) is 5.75 Å². The van der Waals surface area contributed by atoms with Gasteiger partial charge in [0.05, 0.1) is 7.11 Å². The number of primary amides is 1. The Morgan fingerprint density at radius 3 is 2.28 bits per heavy atom. The van der Waals surface area contributed by atoms with Crippen LogP contribution in [0.1, 0.15) is 15.9 Å². The number of amides is 1. The molecule has 29 heavy (non-hydrogen) atoms. The highest BCUT2D eigenvalue weighted by atomic mass is 16.5. The number of carbonyl (C=O) groups excluding carboxylic acids is 1. The Morgan fingerprint density at radius 2 is 1.62 bits per heavy atom. The van der Waals surface area contributed by atoms with Crippen LogP contribution in [0, 0.1) is 0 Å². The van der Waals surface area contributed by atoms with Gasteiger partial charge in [0.25, 0.3) is 0 Å². The molecule has 0 unspecified atom stereocenters. The van der Waals surface area contributed by atoms with E-state index in [1.165, 1.54) is 0 Å². The Hall–Kier alpha value is -3.93. The number of rotatable bonds is 6. The van der Waals surface area contributed by atoms with Gasteiger partial charge in [0.15, 0.2) is 5.82 Å². The number of aromatic nitrogens is 2. The molecule has 3 aromatic carbocycles. The topological polar surface area (TPSA) is 90.1 Å². The van der Waals surface area contributed by atoms with E-state index in [1.54, 1.807) is 19.2 Å². The highest BCUT2D eigenvalue weighted by molar-refractivity contribution is 6.00. The molecule has 0 aliphatic heterocycles. The third kappa shape index (κ3) is 3.87. The minimum absolute atomic E-state index is 0.435. The van der Waals surface area contributed by atoms with Crippen LogP contribution in [0.3, 0.4) is 0 Å². The number of benzene rings is 3. The molecule has 0 radical (unpaired) electrons. The molecule has 0 aliphatic rings. The second-order valence-electron chi connectivity index (χ2n) is 6.59. The summed E-state index contributed by atoms with van der Waals surface area (Å²) in [7, 11) is 1.64. The molecule has 144 valence electrons. The normalized spacial score (nSPS) is 10.7. The number of nitrogens with two attached hydrogens (primary N) is 1. The van der Waals surface area contributed by atoms with Gasteiger partial charge in [-0.3, -0.25) is 4.79 Å². The first kappa shape index (κ1) is 18.4. The van der Waals surface area contributed by atoms with Crippen molar-refractivity contribution in [3.8, 4) is 17.0 Å². The van der Waals surface area contributed by atoms with Crippen molar-refractivity contribution in [1.82, 2.24) is 10.2 Å². The molecular formula is C23H20N4O2. The Morgan fingerprint density at radius 1 is 0.931 bits per heavy atom. The number of hydrogen-bond acceptors (Lipinski definition) is 5. The Balaban J connectivity index is 1.63. The Labute approximate surface area is 168 Å². The van der Waals surface area contributed by atoms with Crippen molar-refractivity contribution in [2.24, 2.45) is 5.73 Å². The Kier molecular flexibility index (Phi) is 5.07. The first-order chi connectivity index (χ1) is 14.2. The summed E-state index contributed by atoms with van der Waals surface area (Å²) in [6.45, 7) is 0.555. The number of nitrogens with one attached hydrogen (secondary N) is 1. The summed E-state index contributed by atoms with van der Waals surface area (Å²) in [4.78, 5) is 11.2. The van der Waals surface area contributed by atoms with E-state index in [2.05, 4.69) is 15.5 Å². The van der Waals surface area contributed by atoms with Crippen molar-refractivity contribution < 1.29 is 9.53 Å². The maximum absolute atomic E-state index is 11.2. The van der Waals surface area contributed by atoms with Crippen molar-refractivity contribution in [2.75, 3.05) is 12.4 Å². The summed E-state index contributed by atoms with van der Waals surface area (Å²) in [5, 5.41) is 14.2. The van der Waals surface area contributed by atoms with Gasteiger partial charge in [0.1, 0.15) is 11.4 Å². The van der Waals surface area contributed by atoms with Crippen LogP contribution in [0.15, 0.2) is 72.8 Å². The van der Waals surface area contributed by atoms with E-state index in [0.717, 1.165) is 33.3 Å². The predicted octanol–water partition coefficient (Wildman–Crippen LogP) is 4.02. The summed E-state index contributed by atoms with van der Waals surface area (Å²) in [6, 6.07) is 23.0. The molecule has 1 heterocycles. The van der Waals surface area contributed by atoms with Crippen LogP contribution in [0.25, 0.3) is 22.0 Å². The van der Waals surface area contributed by atoms with Crippen LogP contribution < -0.4 is 15.8 Å². The van der Waals surface area contributed by atoms with Gasteiger partial charge in [0, 0.05) is 28.4 Å². The van der Waals surface area contributed by atoms with E-state index >= 15 is 0 Å². The van der Waals surface area contributed by atoms with E-state index in [1.807, 2.05) is 60.7 Å². The zero-order chi connectivity index (χ0) is 20.2. The number of hydrogen-bond donors (Lipinski definition) is 2. The predicted molar refractivity (Wildman–Crippen MR) is 114 cm³/mol. The Bertz CT molecular complexity index is 1160. The quantitative estimate of drug-likeness (QED) is 0.524. The van der Waals surface area contributed by atoms with Gasteiger partial charge in [-0.05, 0) is 42.0 Å². The van der Waals surface area contributed by atoms with E-state index < -0.39 is 5.91 Å². The maximum atomic E-state index is 11.2. The van der Waals surface area contributed by atoms with Crippen molar-refractivity contribution >= 4 is 22.5 Å². The van der Waals surface area contributed by atoms with E-state index in [4.69, 9.17) is 10.5 Å². The number of methoxy groups -OCH3 is 1. The summed E-state index contributed by atoms with van der Waals surface area (Å²) in [5.41, 5.74) is 8.59. The van der Waals surface area contributed by atoms with Gasteiger partial charge in [-0.25, -0.2) is 0 Å². The lowest BCUT2D eigenvalue weighted by Crippen LogP contribution is -2.11. The number of carbonyl (C=O) groups is 1. The van der Waals surface area contributed by atoms with Crippen molar-refractivity contribution in [3.05, 3.63) is 83.9 Å². The zero-order valence-electron chi connectivity index (χ0n) is 15.9.